The molecule has 2 aromatic carbocycles. The van der Waals surface area contributed by atoms with Gasteiger partial charge in [0.15, 0.2) is 5.69 Å². The fraction of sp³-hybridized carbons (Fsp3) is 0.273. The number of rotatable bonds is 8. The average molecular weight is 404 g/mol. The molecular weight excluding hydrogens is 380 g/mol. The number of amides is 1. The fourth-order valence-corrected chi connectivity index (χ4v) is 3.53. The first kappa shape index (κ1) is 19.8. The molecule has 0 bridgehead atoms. The highest BCUT2D eigenvalue weighted by molar-refractivity contribution is 5.99. The lowest BCUT2D eigenvalue weighted by molar-refractivity contribution is 0.0711. The van der Waals surface area contributed by atoms with Crippen molar-refractivity contribution in [3.8, 4) is 11.3 Å². The predicted molar refractivity (Wildman–Crippen MR) is 114 cm³/mol. The SMILES string of the molecule is CCCN(CCO)C(=O)c1c(-c2ccc3[nH]ncc3c2)nnn1Cc1ccccc1. The van der Waals surface area contributed by atoms with Crippen molar-refractivity contribution in [3.63, 3.8) is 0 Å². The van der Waals surface area contributed by atoms with E-state index in [1.165, 1.54) is 0 Å². The number of aliphatic hydroxyl groups is 1. The highest BCUT2D eigenvalue weighted by Gasteiger charge is 2.26. The van der Waals surface area contributed by atoms with Crippen molar-refractivity contribution < 1.29 is 9.90 Å². The van der Waals surface area contributed by atoms with Crippen molar-refractivity contribution in [2.75, 3.05) is 19.7 Å². The zero-order valence-electron chi connectivity index (χ0n) is 16.8. The average Bonchev–Trinajstić information content (AvgIpc) is 3.40. The molecule has 4 aromatic rings. The van der Waals surface area contributed by atoms with Crippen LogP contribution in [-0.4, -0.2) is 60.8 Å². The second kappa shape index (κ2) is 8.87. The molecule has 8 nitrogen and oxygen atoms in total. The second-order valence-corrected chi connectivity index (χ2v) is 7.12. The molecule has 0 fully saturated rings. The maximum absolute atomic E-state index is 13.5. The number of carbonyl (C=O) groups is 1. The summed E-state index contributed by atoms with van der Waals surface area (Å²) in [6.45, 7) is 3.16. The normalized spacial score (nSPS) is 11.1. The Balaban J connectivity index is 1.80. The van der Waals surface area contributed by atoms with Crippen LogP contribution in [0, 0.1) is 0 Å². The van der Waals surface area contributed by atoms with Gasteiger partial charge in [-0.15, -0.1) is 5.10 Å². The number of benzene rings is 2. The Hall–Kier alpha value is -3.52. The van der Waals surface area contributed by atoms with Gasteiger partial charge in [0.05, 0.1) is 24.9 Å². The lowest BCUT2D eigenvalue weighted by atomic mass is 10.1. The number of hydrogen-bond acceptors (Lipinski definition) is 5. The summed E-state index contributed by atoms with van der Waals surface area (Å²) in [4.78, 5) is 15.2. The van der Waals surface area contributed by atoms with E-state index in [-0.39, 0.29) is 19.1 Å². The first-order valence-electron chi connectivity index (χ1n) is 10.0. The molecule has 0 saturated carbocycles. The molecule has 0 aliphatic heterocycles. The van der Waals surface area contributed by atoms with E-state index in [2.05, 4.69) is 20.5 Å². The van der Waals surface area contributed by atoms with E-state index in [0.717, 1.165) is 28.5 Å². The number of H-pyrrole nitrogens is 1. The van der Waals surface area contributed by atoms with Crippen LogP contribution < -0.4 is 0 Å². The maximum atomic E-state index is 13.5. The molecule has 2 N–H and O–H groups in total. The molecule has 0 unspecified atom stereocenters. The van der Waals surface area contributed by atoms with E-state index in [4.69, 9.17) is 0 Å². The van der Waals surface area contributed by atoms with Gasteiger partial charge in [0.1, 0.15) is 5.69 Å². The Morgan fingerprint density at radius 1 is 1.17 bits per heavy atom. The lowest BCUT2D eigenvalue weighted by Crippen LogP contribution is -2.36. The van der Waals surface area contributed by atoms with Gasteiger partial charge in [-0.05, 0) is 24.1 Å². The topological polar surface area (TPSA) is 99.9 Å². The van der Waals surface area contributed by atoms with Crippen molar-refractivity contribution in [1.29, 1.82) is 0 Å². The monoisotopic (exact) mass is 404 g/mol. The highest BCUT2D eigenvalue weighted by atomic mass is 16.3. The zero-order valence-corrected chi connectivity index (χ0v) is 16.8. The number of hydrogen-bond donors (Lipinski definition) is 2. The minimum absolute atomic E-state index is 0.0949. The number of carbonyl (C=O) groups excluding carboxylic acids is 1. The molecule has 0 atom stereocenters. The summed E-state index contributed by atoms with van der Waals surface area (Å²) in [5.41, 5.74) is 3.68. The van der Waals surface area contributed by atoms with Crippen LogP contribution >= 0.6 is 0 Å². The maximum Gasteiger partial charge on any atom is 0.274 e. The van der Waals surface area contributed by atoms with E-state index in [1.807, 2.05) is 55.5 Å². The summed E-state index contributed by atoms with van der Waals surface area (Å²) < 4.78 is 1.65. The minimum Gasteiger partial charge on any atom is -0.395 e. The van der Waals surface area contributed by atoms with E-state index in [0.29, 0.717) is 24.5 Å². The molecular formula is C22H24N6O2. The number of aromatic nitrogens is 5. The van der Waals surface area contributed by atoms with E-state index in [9.17, 15) is 9.90 Å². The number of fused-ring (bicyclic) bond motifs is 1. The van der Waals surface area contributed by atoms with Gasteiger partial charge in [-0.2, -0.15) is 5.10 Å². The zero-order chi connectivity index (χ0) is 20.9. The first-order chi connectivity index (χ1) is 14.7. The lowest BCUT2D eigenvalue weighted by Gasteiger charge is -2.22. The Morgan fingerprint density at radius 3 is 2.77 bits per heavy atom. The van der Waals surface area contributed by atoms with Crippen LogP contribution in [0.25, 0.3) is 22.2 Å². The first-order valence-corrected chi connectivity index (χ1v) is 10.0. The second-order valence-electron chi connectivity index (χ2n) is 7.12. The van der Waals surface area contributed by atoms with Crippen LogP contribution in [0.1, 0.15) is 29.4 Å². The third kappa shape index (κ3) is 3.95. The van der Waals surface area contributed by atoms with Gasteiger partial charge in [-0.1, -0.05) is 48.5 Å². The molecule has 154 valence electrons. The summed E-state index contributed by atoms with van der Waals surface area (Å²) in [7, 11) is 0. The Morgan fingerprint density at radius 2 is 2.00 bits per heavy atom. The molecule has 1 amide bonds. The molecule has 0 spiro atoms. The molecule has 30 heavy (non-hydrogen) atoms. The van der Waals surface area contributed by atoms with Crippen LogP contribution in [0.4, 0.5) is 0 Å². The van der Waals surface area contributed by atoms with Crippen molar-refractivity contribution in [1.82, 2.24) is 30.1 Å². The van der Waals surface area contributed by atoms with E-state index in [1.54, 1.807) is 15.8 Å². The van der Waals surface area contributed by atoms with Gasteiger partial charge >= 0.3 is 0 Å². The van der Waals surface area contributed by atoms with Crippen molar-refractivity contribution in [2.45, 2.75) is 19.9 Å². The molecule has 2 heterocycles. The van der Waals surface area contributed by atoms with Gasteiger partial charge < -0.3 is 10.0 Å². The quantitative estimate of drug-likeness (QED) is 0.470. The van der Waals surface area contributed by atoms with Gasteiger partial charge in [0, 0.05) is 24.0 Å². The van der Waals surface area contributed by atoms with E-state index >= 15 is 0 Å². The van der Waals surface area contributed by atoms with Crippen LogP contribution in [0.3, 0.4) is 0 Å². The summed E-state index contributed by atoms with van der Waals surface area (Å²) >= 11 is 0. The molecule has 0 aliphatic rings. The van der Waals surface area contributed by atoms with Gasteiger partial charge in [0.2, 0.25) is 0 Å². The number of nitrogens with one attached hydrogen (secondary N) is 1. The molecule has 0 saturated heterocycles. The largest absolute Gasteiger partial charge is 0.395 e. The Kier molecular flexibility index (Phi) is 5.85. The standard InChI is InChI=1S/C22H24N6O2/c1-2-10-27(11-12-29)22(30)21-20(17-8-9-19-18(13-17)14-23-24-19)25-26-28(21)15-16-6-4-3-5-7-16/h3-9,13-14,29H,2,10-12,15H2,1H3,(H,23,24). The Bertz CT molecular complexity index is 1130. The highest BCUT2D eigenvalue weighted by Crippen LogP contribution is 2.26. The molecule has 0 radical (unpaired) electrons. The number of aromatic amines is 1. The fourth-order valence-electron chi connectivity index (χ4n) is 3.53. The van der Waals surface area contributed by atoms with Crippen molar-refractivity contribution >= 4 is 16.8 Å². The third-order valence-corrected chi connectivity index (χ3v) is 4.98. The summed E-state index contributed by atoms with van der Waals surface area (Å²) in [5.74, 6) is -0.186. The number of aliphatic hydroxyl groups excluding tert-OH is 1. The third-order valence-electron chi connectivity index (χ3n) is 4.98. The van der Waals surface area contributed by atoms with Crippen LogP contribution in [0.2, 0.25) is 0 Å². The molecule has 2 aromatic heterocycles. The summed E-state index contributed by atoms with van der Waals surface area (Å²) in [6.07, 6.45) is 2.53. The van der Waals surface area contributed by atoms with E-state index < -0.39 is 0 Å². The summed E-state index contributed by atoms with van der Waals surface area (Å²) in [5, 5.41) is 26.1. The van der Waals surface area contributed by atoms with Crippen molar-refractivity contribution in [3.05, 3.63) is 66.0 Å². The van der Waals surface area contributed by atoms with Crippen LogP contribution in [0.15, 0.2) is 54.7 Å². The summed E-state index contributed by atoms with van der Waals surface area (Å²) in [6, 6.07) is 15.6. The minimum atomic E-state index is -0.186. The molecule has 8 heteroatoms. The van der Waals surface area contributed by atoms with Gasteiger partial charge in [0.25, 0.3) is 5.91 Å². The molecule has 0 aliphatic carbocycles. The van der Waals surface area contributed by atoms with Crippen molar-refractivity contribution in [2.24, 2.45) is 0 Å². The van der Waals surface area contributed by atoms with Gasteiger partial charge in [-0.25, -0.2) is 4.68 Å². The Labute approximate surface area is 174 Å². The molecule has 4 rings (SSSR count). The van der Waals surface area contributed by atoms with Gasteiger partial charge in [-0.3, -0.25) is 9.89 Å². The predicted octanol–water partition coefficient (Wildman–Crippen LogP) is 2.71. The van der Waals surface area contributed by atoms with Crippen LogP contribution in [-0.2, 0) is 6.54 Å². The number of nitrogens with zero attached hydrogens (tertiary/aromatic N) is 5. The smallest absolute Gasteiger partial charge is 0.274 e. The van der Waals surface area contributed by atoms with Crippen LogP contribution in [0.5, 0.6) is 0 Å².